The minimum atomic E-state index is -0.173. The Balaban J connectivity index is 2.07. The van der Waals surface area contributed by atoms with Crippen LogP contribution in [0.3, 0.4) is 0 Å². The van der Waals surface area contributed by atoms with Crippen LogP contribution in [0.1, 0.15) is 63.9 Å². The van der Waals surface area contributed by atoms with Gasteiger partial charge in [0.2, 0.25) is 5.91 Å². The maximum absolute atomic E-state index is 11.8. The Morgan fingerprint density at radius 1 is 0.812 bits per heavy atom. The molecule has 0 fully saturated rings. The van der Waals surface area contributed by atoms with Crippen molar-refractivity contribution in [3.8, 4) is 11.5 Å². The Kier molecular flexibility index (Phi) is 15.8. The lowest BCUT2D eigenvalue weighted by molar-refractivity contribution is -0.116. The van der Waals surface area contributed by atoms with Gasteiger partial charge in [0, 0.05) is 12.6 Å². The van der Waals surface area contributed by atoms with Crippen LogP contribution in [-0.4, -0.2) is 22.7 Å². The van der Waals surface area contributed by atoms with E-state index in [2.05, 4.69) is 24.4 Å². The van der Waals surface area contributed by atoms with Gasteiger partial charge in [-0.1, -0.05) is 106 Å². The quantitative estimate of drug-likeness (QED) is 0.117. The van der Waals surface area contributed by atoms with Crippen molar-refractivity contribution in [3.63, 3.8) is 0 Å². The first-order valence-corrected chi connectivity index (χ1v) is 11.8. The van der Waals surface area contributed by atoms with Gasteiger partial charge in [-0.25, -0.2) is 0 Å². The number of phenols is 2. The third-order valence-corrected chi connectivity index (χ3v) is 4.89. The molecule has 0 aliphatic carbocycles. The fourth-order valence-corrected chi connectivity index (χ4v) is 3.04. The summed E-state index contributed by atoms with van der Waals surface area (Å²) >= 11 is 0. The van der Waals surface area contributed by atoms with E-state index < -0.39 is 0 Å². The number of carbonyl (C=O) groups is 1. The van der Waals surface area contributed by atoms with E-state index in [4.69, 9.17) is 0 Å². The van der Waals surface area contributed by atoms with Crippen LogP contribution in [0.15, 0.2) is 79.0 Å². The fourth-order valence-electron chi connectivity index (χ4n) is 3.04. The van der Waals surface area contributed by atoms with E-state index in [1.807, 2.05) is 30.4 Å². The van der Waals surface area contributed by atoms with Crippen LogP contribution in [0, 0.1) is 0 Å². The summed E-state index contributed by atoms with van der Waals surface area (Å²) in [7, 11) is 0. The summed E-state index contributed by atoms with van der Waals surface area (Å²) in [6.45, 7) is 2.70. The van der Waals surface area contributed by atoms with Crippen molar-refractivity contribution in [3.05, 3.63) is 84.5 Å². The van der Waals surface area contributed by atoms with E-state index in [0.29, 0.717) is 13.0 Å². The number of rotatable bonds is 16. The van der Waals surface area contributed by atoms with Gasteiger partial charge < -0.3 is 15.5 Å². The molecule has 0 saturated heterocycles. The molecule has 4 nitrogen and oxygen atoms in total. The van der Waals surface area contributed by atoms with E-state index in [0.717, 1.165) is 12.0 Å². The van der Waals surface area contributed by atoms with E-state index in [1.165, 1.54) is 63.2 Å². The van der Waals surface area contributed by atoms with Crippen molar-refractivity contribution >= 4 is 5.91 Å². The minimum Gasteiger partial charge on any atom is -0.504 e. The van der Waals surface area contributed by atoms with Crippen LogP contribution in [0.5, 0.6) is 11.5 Å². The summed E-state index contributed by atoms with van der Waals surface area (Å²) < 4.78 is 0. The first kappa shape index (κ1) is 27.0. The summed E-state index contributed by atoms with van der Waals surface area (Å²) in [4.78, 5) is 11.8. The first-order valence-electron chi connectivity index (χ1n) is 11.8. The molecule has 174 valence electrons. The Bertz CT molecular complexity index is 788. The Labute approximate surface area is 193 Å². The van der Waals surface area contributed by atoms with E-state index in [9.17, 15) is 15.0 Å². The van der Waals surface area contributed by atoms with Crippen LogP contribution >= 0.6 is 0 Å². The Morgan fingerprint density at radius 3 is 2.12 bits per heavy atom. The summed E-state index contributed by atoms with van der Waals surface area (Å²) in [6.07, 6.45) is 30.2. The van der Waals surface area contributed by atoms with Gasteiger partial charge in [-0.05, 0) is 37.0 Å². The molecule has 4 heteroatoms. The summed E-state index contributed by atoms with van der Waals surface area (Å²) in [6, 6.07) is 4.65. The smallest absolute Gasteiger partial charge is 0.243 e. The van der Waals surface area contributed by atoms with Gasteiger partial charge in [0.15, 0.2) is 11.5 Å². The molecule has 1 aromatic rings. The summed E-state index contributed by atoms with van der Waals surface area (Å²) in [5, 5.41) is 21.5. The number of nitrogens with one attached hydrogen (secondary N) is 1. The number of unbranched alkanes of at least 4 members (excludes halogenated alkanes) is 7. The van der Waals surface area contributed by atoms with Crippen molar-refractivity contribution in [1.29, 1.82) is 0 Å². The molecule has 0 heterocycles. The molecule has 1 rings (SSSR count). The number of phenolic OH excluding ortho intramolecular Hbond substituents is 2. The molecule has 0 aliphatic rings. The number of carbonyl (C=O) groups excluding carboxylic acids is 1. The Hall–Kier alpha value is -3.01. The molecular formula is C28H39NO3. The zero-order valence-electron chi connectivity index (χ0n) is 19.4. The molecule has 0 saturated carbocycles. The second-order valence-corrected chi connectivity index (χ2v) is 7.72. The lowest BCUT2D eigenvalue weighted by atomic mass is 10.1. The van der Waals surface area contributed by atoms with E-state index >= 15 is 0 Å². The monoisotopic (exact) mass is 437 g/mol. The number of allylic oxidation sites excluding steroid dienone is 9. The van der Waals surface area contributed by atoms with E-state index in [1.54, 1.807) is 18.2 Å². The third-order valence-electron chi connectivity index (χ3n) is 4.89. The number of hydrogen-bond acceptors (Lipinski definition) is 3. The molecule has 0 aromatic heterocycles. The molecule has 32 heavy (non-hydrogen) atoms. The van der Waals surface area contributed by atoms with Crippen molar-refractivity contribution in [2.45, 2.75) is 64.7 Å². The van der Waals surface area contributed by atoms with Gasteiger partial charge in [0.05, 0.1) is 0 Å². The molecule has 1 aromatic carbocycles. The zero-order chi connectivity index (χ0) is 23.3. The highest BCUT2D eigenvalue weighted by Crippen LogP contribution is 2.24. The molecule has 3 N–H and O–H groups in total. The second kappa shape index (κ2) is 18.7. The van der Waals surface area contributed by atoms with Crippen molar-refractivity contribution in [2.24, 2.45) is 0 Å². The number of hydrogen-bond donors (Lipinski definition) is 3. The summed E-state index contributed by atoms with van der Waals surface area (Å²) in [5.41, 5.74) is 0.843. The second-order valence-electron chi connectivity index (χ2n) is 7.72. The van der Waals surface area contributed by atoms with Gasteiger partial charge in [-0.15, -0.1) is 0 Å². The molecule has 0 radical (unpaired) electrons. The van der Waals surface area contributed by atoms with Crippen molar-refractivity contribution < 1.29 is 15.0 Å². The lowest BCUT2D eigenvalue weighted by Crippen LogP contribution is -2.23. The average molecular weight is 438 g/mol. The topological polar surface area (TPSA) is 69.6 Å². The highest BCUT2D eigenvalue weighted by Gasteiger charge is 2.01. The van der Waals surface area contributed by atoms with Gasteiger partial charge >= 0.3 is 0 Å². The molecular weight excluding hydrogens is 398 g/mol. The summed E-state index contributed by atoms with van der Waals surface area (Å²) in [5.74, 6) is -0.471. The normalized spacial score (nSPS) is 12.3. The number of amides is 1. The van der Waals surface area contributed by atoms with Crippen LogP contribution in [0.4, 0.5) is 0 Å². The van der Waals surface area contributed by atoms with Crippen LogP contribution in [0.2, 0.25) is 0 Å². The fraction of sp³-hybridized carbons (Fsp3) is 0.393. The molecule has 0 bridgehead atoms. The SMILES string of the molecule is CCCCCCCCCC=CC=CC=CC=CC=CC(=O)NCCc1ccc(O)c(O)c1. The molecule has 0 unspecified atom stereocenters. The highest BCUT2D eigenvalue weighted by molar-refractivity contribution is 5.87. The number of aromatic hydroxyl groups is 2. The Morgan fingerprint density at radius 2 is 1.44 bits per heavy atom. The predicted octanol–water partition coefficient (Wildman–Crippen LogP) is 6.68. The third kappa shape index (κ3) is 14.9. The van der Waals surface area contributed by atoms with Gasteiger partial charge in [-0.3, -0.25) is 4.79 Å². The van der Waals surface area contributed by atoms with Gasteiger partial charge in [-0.2, -0.15) is 0 Å². The largest absolute Gasteiger partial charge is 0.504 e. The molecule has 0 spiro atoms. The lowest BCUT2D eigenvalue weighted by Gasteiger charge is -2.04. The number of benzene rings is 1. The van der Waals surface area contributed by atoms with Crippen LogP contribution < -0.4 is 5.32 Å². The molecule has 0 aliphatic heterocycles. The molecule has 0 atom stereocenters. The first-order chi connectivity index (χ1) is 15.6. The predicted molar refractivity (Wildman–Crippen MR) is 135 cm³/mol. The van der Waals surface area contributed by atoms with Crippen molar-refractivity contribution in [1.82, 2.24) is 5.32 Å². The maximum atomic E-state index is 11.8. The van der Waals surface area contributed by atoms with Crippen LogP contribution in [0.25, 0.3) is 0 Å². The van der Waals surface area contributed by atoms with E-state index in [-0.39, 0.29) is 17.4 Å². The highest BCUT2D eigenvalue weighted by atomic mass is 16.3. The standard InChI is InChI=1S/C28H39NO3/c1-2-3-4-5-6-7-8-9-10-11-12-13-14-15-16-17-18-19-28(32)29-23-22-25-20-21-26(30)27(31)24-25/h10-21,24,30-31H,2-9,22-23H2,1H3,(H,29,32). The van der Waals surface area contributed by atoms with Gasteiger partial charge in [0.1, 0.15) is 0 Å². The minimum absolute atomic E-state index is 0.146. The zero-order valence-corrected chi connectivity index (χ0v) is 19.4. The van der Waals surface area contributed by atoms with Crippen molar-refractivity contribution in [2.75, 3.05) is 6.54 Å². The van der Waals surface area contributed by atoms with Gasteiger partial charge in [0.25, 0.3) is 0 Å². The average Bonchev–Trinajstić information content (AvgIpc) is 2.78. The maximum Gasteiger partial charge on any atom is 0.243 e. The molecule has 1 amide bonds. The van der Waals surface area contributed by atoms with Crippen LogP contribution in [-0.2, 0) is 11.2 Å².